The van der Waals surface area contributed by atoms with Gasteiger partial charge in [0.2, 0.25) is 11.9 Å². The van der Waals surface area contributed by atoms with Crippen LogP contribution in [0.4, 0.5) is 0 Å². The van der Waals surface area contributed by atoms with Gasteiger partial charge in [-0.15, -0.1) is 0 Å². The van der Waals surface area contributed by atoms with Gasteiger partial charge in [0.1, 0.15) is 0 Å². The summed E-state index contributed by atoms with van der Waals surface area (Å²) in [4.78, 5) is 24.4. The molecule has 1 unspecified atom stereocenters. The Kier molecular flexibility index (Phi) is 4.77. The molecule has 6 heteroatoms. The van der Waals surface area contributed by atoms with Crippen molar-refractivity contribution in [1.82, 2.24) is 0 Å². The largest absolute Gasteiger partial charge is 0.493 e. The highest BCUT2D eigenvalue weighted by atomic mass is 16.5. The molecule has 0 bridgehead atoms. The highest BCUT2D eigenvalue weighted by Crippen LogP contribution is 2.40. The first-order valence-electron chi connectivity index (χ1n) is 9.20. The molecule has 144 valence electrons. The first-order valence-corrected chi connectivity index (χ1v) is 9.20. The zero-order valence-corrected chi connectivity index (χ0v) is 15.4. The Morgan fingerprint density at radius 3 is 2.46 bits per heavy atom. The van der Waals surface area contributed by atoms with Crippen molar-refractivity contribution >= 4 is 16.9 Å². The van der Waals surface area contributed by atoms with Crippen LogP contribution in [0.1, 0.15) is 35.6 Å². The van der Waals surface area contributed by atoms with Crippen LogP contribution in [0.5, 0.6) is 11.5 Å². The third-order valence-electron chi connectivity index (χ3n) is 5.09. The Hall–Kier alpha value is -3.28. The van der Waals surface area contributed by atoms with Crippen LogP contribution in [0.2, 0.25) is 0 Å². The minimum Gasteiger partial charge on any atom is -0.493 e. The van der Waals surface area contributed by atoms with Gasteiger partial charge in [-0.2, -0.15) is 0 Å². The monoisotopic (exact) mass is 380 g/mol. The minimum atomic E-state index is -1.26. The number of fused-ring (bicyclic) bond motifs is 3. The zero-order chi connectivity index (χ0) is 19.7. The van der Waals surface area contributed by atoms with Crippen LogP contribution in [-0.2, 0) is 17.6 Å². The zero-order valence-electron chi connectivity index (χ0n) is 15.4. The summed E-state index contributed by atoms with van der Waals surface area (Å²) in [5.41, 5.74) is 1.97. The van der Waals surface area contributed by atoms with Gasteiger partial charge in [0, 0.05) is 16.5 Å². The highest BCUT2D eigenvalue weighted by molar-refractivity contribution is 5.89. The second-order valence-electron chi connectivity index (χ2n) is 6.77. The standard InChI is InChI=1S/C22H20O6/c1-26-17-12-11-15-14-9-5-6-10-16(14)22(25)28-19(15)20(17)27-18(21(23)24)13-7-3-2-4-8-13/h2-4,7-8,11-12,18H,5-6,9-10H2,1H3,(H,23,24). The molecule has 1 N–H and O–H groups in total. The Balaban J connectivity index is 1.91. The fraction of sp³-hybridized carbons (Fsp3) is 0.273. The summed E-state index contributed by atoms with van der Waals surface area (Å²) in [6.07, 6.45) is 2.16. The molecular weight excluding hydrogens is 360 g/mol. The molecule has 0 spiro atoms. The van der Waals surface area contributed by atoms with Crippen LogP contribution in [-0.4, -0.2) is 18.2 Å². The maximum atomic E-state index is 12.5. The van der Waals surface area contributed by atoms with E-state index in [0.29, 0.717) is 23.3 Å². The van der Waals surface area contributed by atoms with Gasteiger partial charge < -0.3 is 19.0 Å². The van der Waals surface area contributed by atoms with Crippen molar-refractivity contribution in [2.24, 2.45) is 0 Å². The smallest absolute Gasteiger partial charge is 0.349 e. The second-order valence-corrected chi connectivity index (χ2v) is 6.77. The first kappa shape index (κ1) is 18.1. The number of carboxylic acid groups (broad SMARTS) is 1. The molecule has 1 heterocycles. The van der Waals surface area contributed by atoms with Crippen molar-refractivity contribution in [1.29, 1.82) is 0 Å². The minimum absolute atomic E-state index is 0.127. The summed E-state index contributed by atoms with van der Waals surface area (Å²) in [6.45, 7) is 0. The van der Waals surface area contributed by atoms with E-state index < -0.39 is 17.7 Å². The lowest BCUT2D eigenvalue weighted by Crippen LogP contribution is -2.20. The van der Waals surface area contributed by atoms with E-state index in [2.05, 4.69) is 0 Å². The molecule has 0 saturated carbocycles. The number of benzene rings is 2. The third-order valence-corrected chi connectivity index (χ3v) is 5.09. The topological polar surface area (TPSA) is 86.0 Å². The molecule has 0 radical (unpaired) electrons. The number of carboxylic acids is 1. The van der Waals surface area contributed by atoms with Gasteiger partial charge in [-0.25, -0.2) is 9.59 Å². The molecule has 0 amide bonds. The maximum Gasteiger partial charge on any atom is 0.349 e. The van der Waals surface area contributed by atoms with Crippen LogP contribution in [0.15, 0.2) is 51.7 Å². The SMILES string of the molecule is COc1ccc2c3c(c(=O)oc2c1OC(C(=O)O)c1ccccc1)CCCC3. The van der Waals surface area contributed by atoms with E-state index in [9.17, 15) is 14.7 Å². The van der Waals surface area contributed by atoms with Gasteiger partial charge in [-0.1, -0.05) is 30.3 Å². The number of hydrogen-bond donors (Lipinski definition) is 1. The van der Waals surface area contributed by atoms with E-state index in [1.807, 2.05) is 6.07 Å². The predicted molar refractivity (Wildman–Crippen MR) is 103 cm³/mol. The van der Waals surface area contributed by atoms with Crippen LogP contribution < -0.4 is 15.1 Å². The number of carbonyl (C=O) groups is 1. The summed E-state index contributed by atoms with van der Waals surface area (Å²) in [6, 6.07) is 12.2. The number of aliphatic carboxylic acids is 1. The quantitative estimate of drug-likeness (QED) is 0.676. The van der Waals surface area contributed by atoms with E-state index in [-0.39, 0.29) is 11.3 Å². The highest BCUT2D eigenvalue weighted by Gasteiger charge is 2.27. The second kappa shape index (κ2) is 7.38. The summed E-state index contributed by atoms with van der Waals surface area (Å²) in [5, 5.41) is 10.5. The van der Waals surface area contributed by atoms with Gasteiger partial charge in [0.25, 0.3) is 0 Å². The Morgan fingerprint density at radius 1 is 1.07 bits per heavy atom. The molecule has 0 fully saturated rings. The number of hydrogen-bond acceptors (Lipinski definition) is 5. The van der Waals surface area contributed by atoms with E-state index in [4.69, 9.17) is 13.9 Å². The van der Waals surface area contributed by atoms with Gasteiger partial charge in [-0.05, 0) is 43.4 Å². The average Bonchev–Trinajstić information content (AvgIpc) is 2.72. The van der Waals surface area contributed by atoms with Crippen molar-refractivity contribution in [2.75, 3.05) is 7.11 Å². The van der Waals surface area contributed by atoms with Crippen molar-refractivity contribution in [2.45, 2.75) is 31.8 Å². The van der Waals surface area contributed by atoms with E-state index in [1.165, 1.54) is 7.11 Å². The summed E-state index contributed by atoms with van der Waals surface area (Å²) in [7, 11) is 1.46. The predicted octanol–water partition coefficient (Wildman–Crippen LogP) is 3.89. The number of ether oxygens (including phenoxy) is 2. The lowest BCUT2D eigenvalue weighted by molar-refractivity contribution is -0.145. The summed E-state index contributed by atoms with van der Waals surface area (Å²) >= 11 is 0. The number of methoxy groups -OCH3 is 1. The van der Waals surface area contributed by atoms with Gasteiger partial charge in [-0.3, -0.25) is 0 Å². The van der Waals surface area contributed by atoms with Gasteiger partial charge in [0.15, 0.2) is 11.3 Å². The van der Waals surface area contributed by atoms with Crippen LogP contribution in [0.25, 0.3) is 11.0 Å². The molecule has 4 rings (SSSR count). The van der Waals surface area contributed by atoms with Gasteiger partial charge >= 0.3 is 11.6 Å². The average molecular weight is 380 g/mol. The maximum absolute atomic E-state index is 12.5. The summed E-state index contributed by atoms with van der Waals surface area (Å²) in [5.74, 6) is -0.708. The van der Waals surface area contributed by atoms with E-state index >= 15 is 0 Å². The molecule has 3 aromatic rings. The molecule has 1 aromatic heterocycles. The van der Waals surface area contributed by atoms with Crippen LogP contribution in [0, 0.1) is 0 Å². The molecule has 6 nitrogen and oxygen atoms in total. The van der Waals surface area contributed by atoms with Crippen molar-refractivity contribution in [3.8, 4) is 11.5 Å². The molecular formula is C22H20O6. The number of rotatable bonds is 5. The Morgan fingerprint density at radius 2 is 1.79 bits per heavy atom. The first-order chi connectivity index (χ1) is 13.6. The number of aryl methyl sites for hydroxylation is 1. The normalized spacial score (nSPS) is 14.3. The van der Waals surface area contributed by atoms with Crippen molar-refractivity contribution in [3.63, 3.8) is 0 Å². The fourth-order valence-corrected chi connectivity index (χ4v) is 3.74. The summed E-state index contributed by atoms with van der Waals surface area (Å²) < 4.78 is 16.9. The van der Waals surface area contributed by atoms with E-state index in [0.717, 1.165) is 30.2 Å². The molecule has 1 aliphatic rings. The molecule has 2 aromatic carbocycles. The lowest BCUT2D eigenvalue weighted by atomic mass is 9.90. The van der Waals surface area contributed by atoms with Crippen LogP contribution >= 0.6 is 0 Å². The van der Waals surface area contributed by atoms with Crippen molar-refractivity contribution in [3.05, 3.63) is 69.6 Å². The third kappa shape index (κ3) is 3.11. The van der Waals surface area contributed by atoms with Crippen LogP contribution in [0.3, 0.4) is 0 Å². The molecule has 28 heavy (non-hydrogen) atoms. The van der Waals surface area contributed by atoms with Gasteiger partial charge in [0.05, 0.1) is 7.11 Å². The molecule has 0 saturated heterocycles. The Bertz CT molecular complexity index is 1080. The molecule has 1 atom stereocenters. The fourth-order valence-electron chi connectivity index (χ4n) is 3.74. The molecule has 0 aliphatic heterocycles. The van der Waals surface area contributed by atoms with E-state index in [1.54, 1.807) is 36.4 Å². The lowest BCUT2D eigenvalue weighted by Gasteiger charge is -2.21. The van der Waals surface area contributed by atoms with Crippen molar-refractivity contribution < 1.29 is 23.8 Å². The Labute approximate surface area is 161 Å². The molecule has 1 aliphatic carbocycles.